The van der Waals surface area contributed by atoms with E-state index in [1.165, 1.54) is 0 Å². The van der Waals surface area contributed by atoms with E-state index in [1.807, 2.05) is 72.8 Å². The predicted molar refractivity (Wildman–Crippen MR) is 110 cm³/mol. The zero-order valence-electron chi connectivity index (χ0n) is 16.2. The summed E-state index contributed by atoms with van der Waals surface area (Å²) in [6.07, 6.45) is 0.216. The highest BCUT2D eigenvalue weighted by atomic mass is 16.5. The summed E-state index contributed by atoms with van der Waals surface area (Å²) in [4.78, 5) is 13.3. The Hall–Kier alpha value is -2.91. The molecule has 0 radical (unpaired) electrons. The van der Waals surface area contributed by atoms with Gasteiger partial charge in [0.1, 0.15) is 11.9 Å². The van der Waals surface area contributed by atoms with Crippen molar-refractivity contribution in [3.8, 4) is 5.75 Å². The van der Waals surface area contributed by atoms with Crippen molar-refractivity contribution in [1.29, 1.82) is 0 Å². The van der Waals surface area contributed by atoms with Gasteiger partial charge in [0, 0.05) is 11.5 Å². The van der Waals surface area contributed by atoms with Crippen LogP contribution >= 0.6 is 0 Å². The minimum absolute atomic E-state index is 0.0242. The molecule has 3 nitrogen and oxygen atoms in total. The second kappa shape index (κ2) is 7.61. The monoisotopic (exact) mass is 372 g/mol. The van der Waals surface area contributed by atoms with Gasteiger partial charge in [0.15, 0.2) is 5.78 Å². The van der Waals surface area contributed by atoms with Gasteiger partial charge in [-0.05, 0) is 36.6 Å². The first-order valence-electron chi connectivity index (χ1n) is 9.57. The Morgan fingerprint density at radius 1 is 0.929 bits per heavy atom. The lowest BCUT2D eigenvalue weighted by Gasteiger charge is -2.25. The predicted octanol–water partition coefficient (Wildman–Crippen LogP) is 5.37. The van der Waals surface area contributed by atoms with Gasteiger partial charge < -0.3 is 9.47 Å². The lowest BCUT2D eigenvalue weighted by atomic mass is 9.82. The fraction of sp³-hybridized carbons (Fsp3) is 0.240. The zero-order chi connectivity index (χ0) is 19.6. The van der Waals surface area contributed by atoms with E-state index in [0.717, 1.165) is 23.3 Å². The summed E-state index contributed by atoms with van der Waals surface area (Å²) in [5, 5.41) is 0. The fourth-order valence-corrected chi connectivity index (χ4v) is 4.06. The number of carbonyl (C=O) groups excluding carboxylic acids is 1. The summed E-state index contributed by atoms with van der Waals surface area (Å²) < 4.78 is 11.8. The van der Waals surface area contributed by atoms with Gasteiger partial charge in [-0.25, -0.2) is 0 Å². The van der Waals surface area contributed by atoms with E-state index >= 15 is 0 Å². The molecule has 0 aliphatic carbocycles. The second-order valence-electron chi connectivity index (χ2n) is 7.45. The first-order chi connectivity index (χ1) is 13.6. The van der Waals surface area contributed by atoms with Crippen molar-refractivity contribution in [3.05, 3.63) is 102 Å². The molecule has 1 fully saturated rings. The lowest BCUT2D eigenvalue weighted by Crippen LogP contribution is -2.28. The Balaban J connectivity index is 1.72. The molecule has 4 rings (SSSR count). The SMILES string of the molecule is COc1ccc([C@H]2C[C@@](C)(c3ccccc3)O[C@@H]2C(=O)c2ccccc2)cc1. The van der Waals surface area contributed by atoms with Gasteiger partial charge in [0.25, 0.3) is 0 Å². The number of rotatable bonds is 5. The van der Waals surface area contributed by atoms with Crippen molar-refractivity contribution in [1.82, 2.24) is 0 Å². The summed E-state index contributed by atoms with van der Waals surface area (Å²) in [6.45, 7) is 2.08. The Kier molecular flexibility index (Phi) is 5.01. The largest absolute Gasteiger partial charge is 0.497 e. The van der Waals surface area contributed by atoms with Crippen LogP contribution in [0.15, 0.2) is 84.9 Å². The summed E-state index contributed by atoms with van der Waals surface area (Å²) in [5.74, 6) is 0.810. The average molecular weight is 372 g/mol. The molecular weight excluding hydrogens is 348 g/mol. The first-order valence-corrected chi connectivity index (χ1v) is 9.57. The van der Waals surface area contributed by atoms with Crippen molar-refractivity contribution < 1.29 is 14.3 Å². The van der Waals surface area contributed by atoms with E-state index in [9.17, 15) is 4.79 Å². The number of hydrogen-bond acceptors (Lipinski definition) is 3. The highest BCUT2D eigenvalue weighted by Crippen LogP contribution is 2.48. The molecule has 142 valence electrons. The summed E-state index contributed by atoms with van der Waals surface area (Å²) in [7, 11) is 1.65. The van der Waals surface area contributed by atoms with Crippen LogP contribution in [0.3, 0.4) is 0 Å². The number of ketones is 1. The normalized spacial score (nSPS) is 24.1. The number of Topliss-reactive ketones (excluding diaryl/α,β-unsaturated/α-hetero) is 1. The molecule has 3 heteroatoms. The molecule has 1 heterocycles. The van der Waals surface area contributed by atoms with Crippen LogP contribution in [0.25, 0.3) is 0 Å². The quantitative estimate of drug-likeness (QED) is 0.565. The third-order valence-corrected chi connectivity index (χ3v) is 5.61. The van der Waals surface area contributed by atoms with Gasteiger partial charge in [-0.1, -0.05) is 72.8 Å². The van der Waals surface area contributed by atoms with Gasteiger partial charge in [0.2, 0.25) is 0 Å². The number of benzene rings is 3. The molecule has 0 N–H and O–H groups in total. The Morgan fingerprint density at radius 2 is 1.54 bits per heavy atom. The Labute approximate surface area is 165 Å². The van der Waals surface area contributed by atoms with Crippen LogP contribution in [0, 0.1) is 0 Å². The molecular formula is C25H24O3. The topological polar surface area (TPSA) is 35.5 Å². The van der Waals surface area contributed by atoms with Crippen molar-refractivity contribution in [2.45, 2.75) is 31.0 Å². The van der Waals surface area contributed by atoms with Gasteiger partial charge in [-0.2, -0.15) is 0 Å². The number of carbonyl (C=O) groups is 1. The smallest absolute Gasteiger partial charge is 0.192 e. The number of methoxy groups -OCH3 is 1. The van der Waals surface area contributed by atoms with Gasteiger partial charge in [-0.15, -0.1) is 0 Å². The van der Waals surface area contributed by atoms with E-state index in [2.05, 4.69) is 19.1 Å². The molecule has 3 aromatic carbocycles. The van der Waals surface area contributed by atoms with Crippen LogP contribution in [0.5, 0.6) is 5.75 Å². The van der Waals surface area contributed by atoms with Crippen LogP contribution < -0.4 is 4.74 Å². The molecule has 0 bridgehead atoms. The molecule has 1 aliphatic heterocycles. The molecule has 0 saturated carbocycles. The lowest BCUT2D eigenvalue weighted by molar-refractivity contribution is -0.0237. The van der Waals surface area contributed by atoms with E-state index in [1.54, 1.807) is 7.11 Å². The third kappa shape index (κ3) is 3.46. The molecule has 0 spiro atoms. The molecule has 1 aliphatic rings. The van der Waals surface area contributed by atoms with Crippen LogP contribution in [-0.4, -0.2) is 19.0 Å². The average Bonchev–Trinajstić information content (AvgIpc) is 3.13. The minimum Gasteiger partial charge on any atom is -0.497 e. The Bertz CT molecular complexity index is 935. The molecule has 3 aromatic rings. The van der Waals surface area contributed by atoms with Crippen LogP contribution in [-0.2, 0) is 10.3 Å². The second-order valence-corrected chi connectivity index (χ2v) is 7.45. The van der Waals surface area contributed by atoms with Crippen LogP contribution in [0.4, 0.5) is 0 Å². The molecule has 3 atom stereocenters. The first kappa shape index (κ1) is 18.5. The highest BCUT2D eigenvalue weighted by Gasteiger charge is 2.48. The van der Waals surface area contributed by atoms with E-state index < -0.39 is 11.7 Å². The molecule has 28 heavy (non-hydrogen) atoms. The maximum atomic E-state index is 13.3. The standard InChI is InChI=1S/C25H24O3/c1-25(20-11-7-4-8-12-20)17-22(18-13-15-21(27-2)16-14-18)24(28-25)23(26)19-9-5-3-6-10-19/h3-16,22,24H,17H2,1-2H3/t22-,24+,25+/m1/s1. The third-order valence-electron chi connectivity index (χ3n) is 5.61. The van der Waals surface area contributed by atoms with Crippen molar-refractivity contribution in [3.63, 3.8) is 0 Å². The zero-order valence-corrected chi connectivity index (χ0v) is 16.2. The molecule has 1 saturated heterocycles. The van der Waals surface area contributed by atoms with Gasteiger partial charge in [0.05, 0.1) is 12.7 Å². The summed E-state index contributed by atoms with van der Waals surface area (Å²) in [6, 6.07) is 27.5. The van der Waals surface area contributed by atoms with Crippen LogP contribution in [0.2, 0.25) is 0 Å². The van der Waals surface area contributed by atoms with Crippen molar-refractivity contribution >= 4 is 5.78 Å². The van der Waals surface area contributed by atoms with E-state index in [4.69, 9.17) is 9.47 Å². The van der Waals surface area contributed by atoms with E-state index in [-0.39, 0.29) is 11.7 Å². The highest BCUT2D eigenvalue weighted by molar-refractivity contribution is 6.00. The maximum Gasteiger partial charge on any atom is 0.192 e. The van der Waals surface area contributed by atoms with Crippen molar-refractivity contribution in [2.24, 2.45) is 0 Å². The van der Waals surface area contributed by atoms with Crippen molar-refractivity contribution in [2.75, 3.05) is 7.11 Å². The summed E-state index contributed by atoms with van der Waals surface area (Å²) >= 11 is 0. The van der Waals surface area contributed by atoms with Gasteiger partial charge >= 0.3 is 0 Å². The fourth-order valence-electron chi connectivity index (χ4n) is 4.06. The maximum absolute atomic E-state index is 13.3. The molecule has 0 unspecified atom stereocenters. The van der Waals surface area contributed by atoms with Gasteiger partial charge in [-0.3, -0.25) is 4.79 Å². The number of ether oxygens (including phenoxy) is 2. The molecule has 0 amide bonds. The molecule has 0 aromatic heterocycles. The van der Waals surface area contributed by atoms with E-state index in [0.29, 0.717) is 5.56 Å². The Morgan fingerprint density at radius 3 is 2.14 bits per heavy atom. The van der Waals surface area contributed by atoms with Crippen LogP contribution in [0.1, 0.15) is 40.7 Å². The summed E-state index contributed by atoms with van der Waals surface area (Å²) in [5.41, 5.74) is 2.36. The minimum atomic E-state index is -0.527. The number of hydrogen-bond donors (Lipinski definition) is 0.